The van der Waals surface area contributed by atoms with E-state index in [4.69, 9.17) is 5.73 Å². The Hall–Kier alpha value is -1.42. The molecule has 4 nitrogen and oxygen atoms in total. The van der Waals surface area contributed by atoms with E-state index in [0.29, 0.717) is 6.42 Å². The fourth-order valence-corrected chi connectivity index (χ4v) is 1.19. The molecule has 1 rings (SSSR count). The molecule has 1 heterocycles. The lowest BCUT2D eigenvalue weighted by molar-refractivity contribution is -0.139. The largest absolute Gasteiger partial charge is 0.311 e. The quantitative estimate of drug-likeness (QED) is 0.497. The fourth-order valence-electron chi connectivity index (χ4n) is 1.19. The van der Waals surface area contributed by atoms with Gasteiger partial charge >= 0.3 is 0 Å². The topological polar surface area (TPSA) is 63.4 Å². The number of carbonyl (C=O) groups is 2. The average molecular weight is 180 g/mol. The first kappa shape index (κ1) is 9.67. The van der Waals surface area contributed by atoms with Crippen molar-refractivity contribution in [1.82, 2.24) is 4.90 Å². The number of nitrogens with zero attached hydrogens (tertiary/aromatic N) is 1. The first-order valence-corrected chi connectivity index (χ1v) is 3.97. The molecule has 0 spiro atoms. The Balaban J connectivity index is 2.67. The van der Waals surface area contributed by atoms with Gasteiger partial charge in [-0.1, -0.05) is 5.57 Å². The summed E-state index contributed by atoms with van der Waals surface area (Å²) < 4.78 is 0. The van der Waals surface area contributed by atoms with Crippen LogP contribution < -0.4 is 5.73 Å². The first-order valence-electron chi connectivity index (χ1n) is 3.97. The van der Waals surface area contributed by atoms with Gasteiger partial charge in [0.1, 0.15) is 0 Å². The Morgan fingerprint density at radius 2 is 2.00 bits per heavy atom. The van der Waals surface area contributed by atoms with Crippen LogP contribution >= 0.6 is 0 Å². The van der Waals surface area contributed by atoms with E-state index >= 15 is 0 Å². The van der Waals surface area contributed by atoms with Gasteiger partial charge in [0.2, 0.25) is 0 Å². The minimum Gasteiger partial charge on any atom is -0.311 e. The van der Waals surface area contributed by atoms with Crippen LogP contribution in [0.25, 0.3) is 0 Å². The molecule has 0 bridgehead atoms. The lowest BCUT2D eigenvalue weighted by Crippen LogP contribution is -2.45. The van der Waals surface area contributed by atoms with Crippen molar-refractivity contribution >= 4 is 11.8 Å². The average Bonchev–Trinajstić information content (AvgIpc) is 2.29. The van der Waals surface area contributed by atoms with Gasteiger partial charge in [-0.25, -0.2) is 0 Å². The summed E-state index contributed by atoms with van der Waals surface area (Å²) in [6.07, 6.45) is 2.30. The molecule has 0 aromatic heterocycles. The summed E-state index contributed by atoms with van der Waals surface area (Å²) in [5, 5.41) is 0. The van der Waals surface area contributed by atoms with E-state index in [-0.39, 0.29) is 11.8 Å². The van der Waals surface area contributed by atoms with E-state index in [1.54, 1.807) is 6.92 Å². The van der Waals surface area contributed by atoms with Crippen molar-refractivity contribution in [3.05, 3.63) is 24.3 Å². The molecule has 0 fully saturated rings. The third kappa shape index (κ3) is 2.03. The smallest absolute Gasteiger partial charge is 0.254 e. The predicted octanol–water partition coefficient (Wildman–Crippen LogP) is 0.162. The Bertz CT molecular complexity index is 276. The van der Waals surface area contributed by atoms with Crippen molar-refractivity contribution < 1.29 is 9.59 Å². The number of nitrogens with two attached hydrogens (primary N) is 1. The molecule has 13 heavy (non-hydrogen) atoms. The second-order valence-corrected chi connectivity index (χ2v) is 3.11. The summed E-state index contributed by atoms with van der Waals surface area (Å²) >= 11 is 0. The zero-order valence-electron chi connectivity index (χ0n) is 7.49. The molecular weight excluding hydrogens is 168 g/mol. The van der Waals surface area contributed by atoms with Gasteiger partial charge in [0, 0.05) is 18.6 Å². The normalized spacial score (nSPS) is 18.2. The van der Waals surface area contributed by atoms with Crippen LogP contribution in [0.15, 0.2) is 24.3 Å². The highest BCUT2D eigenvalue weighted by atomic mass is 16.2. The van der Waals surface area contributed by atoms with Crippen LogP contribution in [0.3, 0.4) is 0 Å². The summed E-state index contributed by atoms with van der Waals surface area (Å²) in [6.45, 7) is 5.47. The van der Waals surface area contributed by atoms with Crippen LogP contribution in [0.5, 0.6) is 0 Å². The molecular formula is C9H12N2O2. The molecule has 0 saturated heterocycles. The van der Waals surface area contributed by atoms with Crippen LogP contribution in [0.2, 0.25) is 0 Å². The summed E-state index contributed by atoms with van der Waals surface area (Å²) in [6, 6.07) is 0. The van der Waals surface area contributed by atoms with Gasteiger partial charge in [0.25, 0.3) is 11.8 Å². The second-order valence-electron chi connectivity index (χ2n) is 3.11. The molecule has 0 radical (unpaired) electrons. The van der Waals surface area contributed by atoms with Gasteiger partial charge in [-0.05, 0) is 6.92 Å². The maximum atomic E-state index is 11.1. The van der Waals surface area contributed by atoms with Crippen molar-refractivity contribution in [1.29, 1.82) is 0 Å². The zero-order chi connectivity index (χ0) is 10.0. The molecule has 1 aliphatic rings. The van der Waals surface area contributed by atoms with Crippen LogP contribution in [0.4, 0.5) is 0 Å². The van der Waals surface area contributed by atoms with Gasteiger partial charge in [-0.15, -0.1) is 6.58 Å². The minimum absolute atomic E-state index is 0.348. The number of carbonyl (C=O) groups excluding carboxylic acids is 2. The highest BCUT2D eigenvalue weighted by Gasteiger charge is 2.28. The van der Waals surface area contributed by atoms with E-state index < -0.39 is 6.17 Å². The van der Waals surface area contributed by atoms with Crippen LogP contribution in [-0.4, -0.2) is 22.9 Å². The molecule has 0 saturated carbocycles. The molecule has 0 aromatic carbocycles. The van der Waals surface area contributed by atoms with E-state index in [1.807, 2.05) is 0 Å². The molecule has 0 aliphatic carbocycles. The van der Waals surface area contributed by atoms with E-state index in [2.05, 4.69) is 6.58 Å². The molecule has 4 heteroatoms. The highest BCUT2D eigenvalue weighted by Crippen LogP contribution is 2.11. The molecule has 1 aliphatic heterocycles. The Morgan fingerprint density at radius 1 is 1.54 bits per heavy atom. The number of hydrogen-bond acceptors (Lipinski definition) is 3. The number of amides is 2. The lowest BCUT2D eigenvalue weighted by atomic mass is 10.2. The second kappa shape index (κ2) is 3.53. The molecule has 70 valence electrons. The minimum atomic E-state index is -0.590. The SMILES string of the molecule is C=C(C)CC(N)N1C(=O)C=CC1=O. The molecule has 1 unspecified atom stereocenters. The number of rotatable bonds is 3. The molecule has 2 amide bonds. The van der Waals surface area contributed by atoms with Crippen molar-refractivity contribution in [3.8, 4) is 0 Å². The van der Waals surface area contributed by atoms with Gasteiger partial charge in [0.05, 0.1) is 6.17 Å². The highest BCUT2D eigenvalue weighted by molar-refractivity contribution is 6.13. The van der Waals surface area contributed by atoms with Crippen LogP contribution in [0, 0.1) is 0 Å². The Kier molecular flexibility index (Phi) is 2.63. The Morgan fingerprint density at radius 3 is 2.38 bits per heavy atom. The van der Waals surface area contributed by atoms with E-state index in [1.165, 1.54) is 12.2 Å². The van der Waals surface area contributed by atoms with Crippen LogP contribution in [-0.2, 0) is 9.59 Å². The third-order valence-corrected chi connectivity index (χ3v) is 1.73. The fraction of sp³-hybridized carbons (Fsp3) is 0.333. The van der Waals surface area contributed by atoms with Crippen molar-refractivity contribution in [2.45, 2.75) is 19.5 Å². The van der Waals surface area contributed by atoms with Gasteiger partial charge in [0.15, 0.2) is 0 Å². The molecule has 1 atom stereocenters. The van der Waals surface area contributed by atoms with Gasteiger partial charge in [-0.3, -0.25) is 14.5 Å². The standard InChI is InChI=1S/C9H12N2O2/c1-6(2)5-7(10)11-8(12)3-4-9(11)13/h3-4,7H,1,5,10H2,2H3. The summed E-state index contributed by atoms with van der Waals surface area (Å²) in [5.41, 5.74) is 6.49. The Labute approximate surface area is 76.7 Å². The van der Waals surface area contributed by atoms with Gasteiger partial charge in [-0.2, -0.15) is 0 Å². The van der Waals surface area contributed by atoms with Crippen molar-refractivity contribution in [2.75, 3.05) is 0 Å². The third-order valence-electron chi connectivity index (χ3n) is 1.73. The maximum absolute atomic E-state index is 11.1. The zero-order valence-corrected chi connectivity index (χ0v) is 7.49. The van der Waals surface area contributed by atoms with Crippen molar-refractivity contribution in [3.63, 3.8) is 0 Å². The predicted molar refractivity (Wildman–Crippen MR) is 48.4 cm³/mol. The van der Waals surface area contributed by atoms with E-state index in [0.717, 1.165) is 10.5 Å². The maximum Gasteiger partial charge on any atom is 0.254 e. The summed E-state index contributed by atoms with van der Waals surface area (Å²) in [5.74, 6) is -0.697. The molecule has 0 aromatic rings. The lowest BCUT2D eigenvalue weighted by Gasteiger charge is -2.21. The van der Waals surface area contributed by atoms with Gasteiger partial charge < -0.3 is 5.73 Å². The number of hydrogen-bond donors (Lipinski definition) is 1. The molecule has 2 N–H and O–H groups in total. The van der Waals surface area contributed by atoms with E-state index in [9.17, 15) is 9.59 Å². The number of imide groups is 1. The summed E-state index contributed by atoms with van der Waals surface area (Å²) in [7, 11) is 0. The summed E-state index contributed by atoms with van der Waals surface area (Å²) in [4.78, 5) is 23.3. The van der Waals surface area contributed by atoms with Crippen molar-refractivity contribution in [2.24, 2.45) is 5.73 Å². The monoisotopic (exact) mass is 180 g/mol. The van der Waals surface area contributed by atoms with Crippen LogP contribution in [0.1, 0.15) is 13.3 Å². The first-order chi connectivity index (χ1) is 6.02.